The zero-order valence-electron chi connectivity index (χ0n) is 8.63. The zero-order valence-corrected chi connectivity index (χ0v) is 9.52. The molecule has 0 bridgehead atoms. The monoisotopic (exact) mass is 195 g/mol. The van der Waals surface area contributed by atoms with Gasteiger partial charge in [0.25, 0.3) is 0 Å². The van der Waals surface area contributed by atoms with E-state index in [9.17, 15) is 0 Å². The molecule has 0 N–H and O–H groups in total. The normalized spacial score (nSPS) is 10.5. The minimum atomic E-state index is 0.0443. The smallest absolute Gasteiger partial charge is 0.00512 e. The van der Waals surface area contributed by atoms with Crippen LogP contribution in [0.5, 0.6) is 0 Å². The van der Waals surface area contributed by atoms with Crippen molar-refractivity contribution in [3.8, 4) is 0 Å². The summed E-state index contributed by atoms with van der Waals surface area (Å²) in [6.07, 6.45) is 9.84. The highest BCUT2D eigenvalue weighted by Crippen LogP contribution is 2.28. The molecule has 0 fully saturated rings. The van der Waals surface area contributed by atoms with Crippen LogP contribution in [0, 0.1) is 5.80 Å². The predicted octanol–water partition coefficient (Wildman–Crippen LogP) is 4.83. The van der Waals surface area contributed by atoms with Gasteiger partial charge in [-0.15, -0.1) is 7.53 Å². The lowest BCUT2D eigenvalue weighted by molar-refractivity contribution is 0.619. The Morgan fingerprint density at radius 2 is 1.85 bits per heavy atom. The van der Waals surface area contributed by atoms with E-state index in [0.29, 0.717) is 0 Å². The number of hydrogen-bond acceptors (Lipinski definition) is 0. The average Bonchev–Trinajstić information content (AvgIpc) is 2.63. The molecular formula is C12H20P. The minimum absolute atomic E-state index is 0.0443. The summed E-state index contributed by atoms with van der Waals surface area (Å²) in [5.74, 6) is 5.71. The van der Waals surface area contributed by atoms with E-state index in [0.717, 1.165) is 0 Å². The average molecular weight is 195 g/mol. The third kappa shape index (κ3) is 5.16. The largest absolute Gasteiger partial charge is 0.116 e. The Bertz CT molecular complexity index is 189. The topological polar surface area (TPSA) is 0 Å². The van der Waals surface area contributed by atoms with E-state index in [1.807, 2.05) is 0 Å². The minimum Gasteiger partial charge on any atom is -0.116 e. The molecular weight excluding hydrogens is 175 g/mol. The molecule has 13 heavy (non-hydrogen) atoms. The summed E-state index contributed by atoms with van der Waals surface area (Å²) in [4.78, 5) is 0. The summed E-state index contributed by atoms with van der Waals surface area (Å²) in [6.45, 7) is 2.27. The summed E-state index contributed by atoms with van der Waals surface area (Å²) < 4.78 is 0. The van der Waals surface area contributed by atoms with Crippen molar-refractivity contribution in [3.05, 3.63) is 23.7 Å². The van der Waals surface area contributed by atoms with Crippen LogP contribution in [0.3, 0.4) is 0 Å². The van der Waals surface area contributed by atoms with Gasteiger partial charge < -0.3 is 0 Å². The van der Waals surface area contributed by atoms with E-state index in [2.05, 4.69) is 30.7 Å². The maximum Gasteiger partial charge on any atom is 0.00512 e. The molecule has 0 aromatic carbocycles. The molecule has 1 aromatic heterocycles. The highest BCUT2D eigenvalue weighted by Gasteiger charge is 1.92. The van der Waals surface area contributed by atoms with Gasteiger partial charge in [0.15, 0.2) is 0 Å². The van der Waals surface area contributed by atoms with Crippen molar-refractivity contribution in [1.82, 2.24) is 0 Å². The maximum absolute atomic E-state index is 3.39. The number of hydrogen-bond donors (Lipinski definition) is 0. The van der Waals surface area contributed by atoms with Crippen molar-refractivity contribution in [3.63, 3.8) is 0 Å². The van der Waals surface area contributed by atoms with E-state index in [1.54, 1.807) is 0 Å². The Morgan fingerprint density at radius 3 is 2.54 bits per heavy atom. The van der Waals surface area contributed by atoms with Crippen LogP contribution in [0.15, 0.2) is 17.9 Å². The van der Waals surface area contributed by atoms with E-state index >= 15 is 0 Å². The van der Waals surface area contributed by atoms with E-state index in [1.165, 1.54) is 44.7 Å². The van der Waals surface area contributed by atoms with Gasteiger partial charge in [0.1, 0.15) is 0 Å². The molecule has 1 heteroatoms. The van der Waals surface area contributed by atoms with Crippen LogP contribution in [0.1, 0.15) is 45.4 Å². The van der Waals surface area contributed by atoms with E-state index < -0.39 is 0 Å². The lowest BCUT2D eigenvalue weighted by Crippen LogP contribution is -1.78. The summed E-state index contributed by atoms with van der Waals surface area (Å²) in [7, 11) is 0.0443. The number of rotatable bonds is 7. The first-order chi connectivity index (χ1) is 6.43. The lowest BCUT2D eigenvalue weighted by atomic mass is 10.1. The van der Waals surface area contributed by atoms with Crippen LogP contribution in [-0.4, -0.2) is 0 Å². The van der Waals surface area contributed by atoms with Gasteiger partial charge in [-0.2, -0.15) is 0 Å². The third-order valence-electron chi connectivity index (χ3n) is 2.36. The van der Waals surface area contributed by atoms with Gasteiger partial charge in [0.05, 0.1) is 0 Å². The fourth-order valence-corrected chi connectivity index (χ4v) is 3.03. The third-order valence-corrected chi connectivity index (χ3v) is 4.17. The summed E-state index contributed by atoms with van der Waals surface area (Å²) in [5.41, 5.74) is 0. The lowest BCUT2D eigenvalue weighted by Gasteiger charge is -1.99. The molecule has 0 saturated carbocycles. The van der Waals surface area contributed by atoms with E-state index in [4.69, 9.17) is 0 Å². The molecule has 1 unspecified atom stereocenters. The summed E-state index contributed by atoms with van der Waals surface area (Å²) in [6, 6.07) is 4.21. The molecule has 0 amide bonds. The Morgan fingerprint density at radius 1 is 1.08 bits per heavy atom. The van der Waals surface area contributed by atoms with Crippen LogP contribution in [-0.2, 0) is 6.16 Å². The molecule has 0 aliphatic carbocycles. The quantitative estimate of drug-likeness (QED) is 0.546. The Balaban J connectivity index is 1.90. The van der Waals surface area contributed by atoms with Crippen molar-refractivity contribution in [2.75, 3.05) is 0 Å². The van der Waals surface area contributed by atoms with Crippen molar-refractivity contribution >= 4 is 7.53 Å². The van der Waals surface area contributed by atoms with Gasteiger partial charge in [-0.1, -0.05) is 45.1 Å². The molecule has 0 nitrogen and oxygen atoms in total. The van der Waals surface area contributed by atoms with Gasteiger partial charge in [-0.25, -0.2) is 0 Å². The molecule has 1 radical (unpaired) electrons. The molecule has 73 valence electrons. The molecule has 1 rings (SSSR count). The zero-order chi connectivity index (χ0) is 9.36. The maximum atomic E-state index is 3.39. The molecule has 0 aliphatic heterocycles. The van der Waals surface area contributed by atoms with Gasteiger partial charge in [0, 0.05) is 5.80 Å². The van der Waals surface area contributed by atoms with Crippen LogP contribution >= 0.6 is 7.53 Å². The van der Waals surface area contributed by atoms with Crippen LogP contribution in [0.4, 0.5) is 0 Å². The first kappa shape index (κ1) is 10.9. The fourth-order valence-electron chi connectivity index (χ4n) is 1.53. The van der Waals surface area contributed by atoms with Gasteiger partial charge in [0.2, 0.25) is 0 Å². The Hall–Kier alpha value is -0.220. The van der Waals surface area contributed by atoms with Gasteiger partial charge in [-0.3, -0.25) is 0 Å². The summed E-state index contributed by atoms with van der Waals surface area (Å²) in [5, 5.41) is 0. The predicted molar refractivity (Wildman–Crippen MR) is 61.4 cm³/mol. The van der Waals surface area contributed by atoms with Gasteiger partial charge in [-0.05, 0) is 24.4 Å². The first-order valence-electron chi connectivity index (χ1n) is 5.46. The molecule has 0 spiro atoms. The molecule has 1 aromatic rings. The second-order valence-electron chi connectivity index (χ2n) is 3.60. The summed E-state index contributed by atoms with van der Waals surface area (Å²) >= 11 is 0. The van der Waals surface area contributed by atoms with Crippen molar-refractivity contribution in [1.29, 1.82) is 0 Å². The van der Waals surface area contributed by atoms with Gasteiger partial charge >= 0.3 is 0 Å². The van der Waals surface area contributed by atoms with Crippen molar-refractivity contribution in [2.45, 2.75) is 51.6 Å². The van der Waals surface area contributed by atoms with E-state index in [-0.39, 0.29) is 7.53 Å². The van der Waals surface area contributed by atoms with Crippen LogP contribution in [0.2, 0.25) is 0 Å². The fraction of sp³-hybridized carbons (Fsp3) is 0.667. The van der Waals surface area contributed by atoms with Crippen LogP contribution < -0.4 is 0 Å². The Labute approximate surface area is 83.4 Å². The number of unbranched alkanes of at least 4 members (excludes halogenated alkanes) is 5. The van der Waals surface area contributed by atoms with Crippen LogP contribution in [0.25, 0.3) is 0 Å². The second kappa shape index (κ2) is 7.21. The first-order valence-corrected chi connectivity index (χ1v) is 7.06. The molecule has 0 aliphatic rings. The van der Waals surface area contributed by atoms with Crippen molar-refractivity contribution in [2.24, 2.45) is 0 Å². The highest BCUT2D eigenvalue weighted by atomic mass is 31.1. The molecule has 0 saturated heterocycles. The SMILES string of the molecule is CCCCCCCCp1[c]ccc1. The molecule has 1 atom stereocenters. The number of aryl methyl sites for hydroxylation is 1. The second-order valence-corrected chi connectivity index (χ2v) is 5.54. The standard InChI is InChI=1S/C12H20P/c1-2-3-4-5-6-7-10-13-11-8-9-12-13/h8-9,11H,2-7,10H2,1H3. The molecule has 1 heterocycles. The van der Waals surface area contributed by atoms with Crippen molar-refractivity contribution < 1.29 is 0 Å². The highest BCUT2D eigenvalue weighted by molar-refractivity contribution is 7.47. The Kier molecular flexibility index (Phi) is 6.02.